The monoisotopic (exact) mass is 336 g/mol. The van der Waals surface area contributed by atoms with Crippen molar-refractivity contribution < 1.29 is 14.3 Å². The molecule has 25 heavy (non-hydrogen) atoms. The fourth-order valence-corrected chi connectivity index (χ4v) is 4.32. The smallest absolute Gasteiger partial charge is 0.245 e. The highest BCUT2D eigenvalue weighted by atomic mass is 16.5. The van der Waals surface area contributed by atoms with Gasteiger partial charge in [-0.05, 0) is 36.2 Å². The fourth-order valence-electron chi connectivity index (χ4n) is 4.32. The van der Waals surface area contributed by atoms with Gasteiger partial charge in [0, 0.05) is 30.3 Å². The standard InChI is InChI=1S/C20H20N2O3/c21-7-3-8-22-16-5-2-1-4-14(16)20(19(22)23)12-25-18-11-17-13(6-9-24-17)10-15(18)20/h1-2,4-5,10-11H,3,6-9,12,21H2. The number of hydrogen-bond acceptors (Lipinski definition) is 4. The van der Waals surface area contributed by atoms with Crippen molar-refractivity contribution in [1.29, 1.82) is 0 Å². The van der Waals surface area contributed by atoms with E-state index in [2.05, 4.69) is 12.1 Å². The van der Waals surface area contributed by atoms with Crippen LogP contribution in [-0.2, 0) is 16.6 Å². The van der Waals surface area contributed by atoms with Crippen LogP contribution in [0.5, 0.6) is 11.5 Å². The van der Waals surface area contributed by atoms with Crippen LogP contribution in [-0.4, -0.2) is 32.2 Å². The lowest BCUT2D eigenvalue weighted by molar-refractivity contribution is -0.122. The lowest BCUT2D eigenvalue weighted by atomic mass is 9.76. The van der Waals surface area contributed by atoms with Crippen molar-refractivity contribution in [1.82, 2.24) is 0 Å². The zero-order chi connectivity index (χ0) is 17.0. The molecule has 1 amide bonds. The number of rotatable bonds is 3. The molecule has 128 valence electrons. The Labute approximate surface area is 146 Å². The molecule has 1 unspecified atom stereocenters. The summed E-state index contributed by atoms with van der Waals surface area (Å²) >= 11 is 0. The number of para-hydroxylation sites is 1. The van der Waals surface area contributed by atoms with Crippen LogP contribution in [0.3, 0.4) is 0 Å². The average molecular weight is 336 g/mol. The Balaban J connectivity index is 1.69. The molecule has 1 spiro atoms. The number of hydrogen-bond donors (Lipinski definition) is 1. The Morgan fingerprint density at radius 2 is 2.00 bits per heavy atom. The van der Waals surface area contributed by atoms with Crippen LogP contribution < -0.4 is 20.1 Å². The first-order chi connectivity index (χ1) is 12.3. The van der Waals surface area contributed by atoms with Crippen LogP contribution in [0.2, 0.25) is 0 Å². The molecule has 5 nitrogen and oxygen atoms in total. The lowest BCUT2D eigenvalue weighted by Crippen LogP contribution is -2.43. The van der Waals surface area contributed by atoms with Crippen molar-refractivity contribution in [3.05, 3.63) is 53.1 Å². The maximum Gasteiger partial charge on any atom is 0.245 e. The van der Waals surface area contributed by atoms with Crippen molar-refractivity contribution in [2.75, 3.05) is 31.2 Å². The molecule has 0 saturated heterocycles. The summed E-state index contributed by atoms with van der Waals surface area (Å²) < 4.78 is 11.6. The van der Waals surface area contributed by atoms with Crippen molar-refractivity contribution in [3.63, 3.8) is 0 Å². The van der Waals surface area contributed by atoms with Crippen molar-refractivity contribution in [2.45, 2.75) is 18.3 Å². The normalized spacial score (nSPS) is 22.6. The average Bonchev–Trinajstić information content (AvgIpc) is 3.30. The number of nitrogens with zero attached hydrogens (tertiary/aromatic N) is 1. The van der Waals surface area contributed by atoms with E-state index in [1.807, 2.05) is 29.2 Å². The molecule has 3 aliphatic rings. The Bertz CT molecular complexity index is 879. The SMILES string of the molecule is NCCCN1C(=O)C2(COc3cc4c(cc32)CCO4)c2ccccc21. The minimum Gasteiger partial charge on any atom is -0.493 e. The minimum absolute atomic E-state index is 0.0970. The summed E-state index contributed by atoms with van der Waals surface area (Å²) in [5.41, 5.74) is 9.10. The van der Waals surface area contributed by atoms with E-state index in [-0.39, 0.29) is 5.91 Å². The zero-order valence-electron chi connectivity index (χ0n) is 14.0. The van der Waals surface area contributed by atoms with Gasteiger partial charge in [0.2, 0.25) is 5.91 Å². The third-order valence-corrected chi connectivity index (χ3v) is 5.55. The summed E-state index contributed by atoms with van der Waals surface area (Å²) in [5.74, 6) is 1.75. The number of anilines is 1. The third-order valence-electron chi connectivity index (χ3n) is 5.55. The highest BCUT2D eigenvalue weighted by molar-refractivity contribution is 6.11. The molecular formula is C20H20N2O3. The van der Waals surface area contributed by atoms with Gasteiger partial charge in [-0.3, -0.25) is 4.79 Å². The lowest BCUT2D eigenvalue weighted by Gasteiger charge is -2.23. The summed E-state index contributed by atoms with van der Waals surface area (Å²) in [6.07, 6.45) is 1.66. The largest absolute Gasteiger partial charge is 0.493 e. The van der Waals surface area contributed by atoms with Gasteiger partial charge in [0.15, 0.2) is 0 Å². The summed E-state index contributed by atoms with van der Waals surface area (Å²) in [6.45, 7) is 2.24. The molecule has 5 rings (SSSR count). The predicted octanol–water partition coefficient (Wildman–Crippen LogP) is 2.00. The van der Waals surface area contributed by atoms with E-state index in [0.717, 1.165) is 46.7 Å². The Morgan fingerprint density at radius 3 is 2.88 bits per heavy atom. The molecule has 5 heteroatoms. The van der Waals surface area contributed by atoms with E-state index >= 15 is 0 Å². The van der Waals surface area contributed by atoms with E-state index < -0.39 is 5.41 Å². The Hall–Kier alpha value is -2.53. The van der Waals surface area contributed by atoms with Crippen LogP contribution >= 0.6 is 0 Å². The van der Waals surface area contributed by atoms with Crippen LogP contribution in [0, 0.1) is 0 Å². The second kappa shape index (κ2) is 5.23. The Morgan fingerprint density at radius 1 is 1.12 bits per heavy atom. The molecule has 0 fully saturated rings. The van der Waals surface area contributed by atoms with Crippen LogP contribution in [0.15, 0.2) is 36.4 Å². The topological polar surface area (TPSA) is 64.8 Å². The van der Waals surface area contributed by atoms with Crippen LogP contribution in [0.4, 0.5) is 5.69 Å². The molecule has 0 aromatic heterocycles. The number of ether oxygens (including phenoxy) is 2. The second-order valence-electron chi connectivity index (χ2n) is 6.86. The number of carbonyl (C=O) groups is 1. The summed E-state index contributed by atoms with van der Waals surface area (Å²) in [4.78, 5) is 15.4. The number of nitrogens with two attached hydrogens (primary N) is 1. The number of carbonyl (C=O) groups excluding carboxylic acids is 1. The van der Waals surface area contributed by atoms with E-state index in [0.29, 0.717) is 26.3 Å². The third kappa shape index (κ3) is 1.84. The first-order valence-electron chi connectivity index (χ1n) is 8.80. The molecule has 2 N–H and O–H groups in total. The molecule has 0 saturated carbocycles. The first-order valence-corrected chi connectivity index (χ1v) is 8.80. The molecule has 3 heterocycles. The highest BCUT2D eigenvalue weighted by Crippen LogP contribution is 2.53. The van der Waals surface area contributed by atoms with E-state index in [4.69, 9.17) is 15.2 Å². The maximum absolute atomic E-state index is 13.5. The minimum atomic E-state index is -0.738. The van der Waals surface area contributed by atoms with E-state index in [9.17, 15) is 4.79 Å². The van der Waals surface area contributed by atoms with E-state index in [1.165, 1.54) is 0 Å². The van der Waals surface area contributed by atoms with Gasteiger partial charge in [-0.25, -0.2) is 0 Å². The molecular weight excluding hydrogens is 316 g/mol. The van der Waals surface area contributed by atoms with Crippen LogP contribution in [0.1, 0.15) is 23.1 Å². The van der Waals surface area contributed by atoms with Gasteiger partial charge >= 0.3 is 0 Å². The van der Waals surface area contributed by atoms with Gasteiger partial charge in [0.1, 0.15) is 23.5 Å². The molecule has 2 aromatic rings. The van der Waals surface area contributed by atoms with Gasteiger partial charge < -0.3 is 20.1 Å². The van der Waals surface area contributed by atoms with Crippen molar-refractivity contribution in [2.24, 2.45) is 5.73 Å². The zero-order valence-corrected chi connectivity index (χ0v) is 14.0. The summed E-state index contributed by atoms with van der Waals surface area (Å²) in [7, 11) is 0. The molecule has 0 radical (unpaired) electrons. The second-order valence-corrected chi connectivity index (χ2v) is 6.86. The van der Waals surface area contributed by atoms with Crippen LogP contribution in [0.25, 0.3) is 0 Å². The molecule has 0 bridgehead atoms. The number of amides is 1. The molecule has 0 aliphatic carbocycles. The van der Waals surface area contributed by atoms with Crippen molar-refractivity contribution >= 4 is 11.6 Å². The number of fused-ring (bicyclic) bond motifs is 5. The molecule has 1 atom stereocenters. The predicted molar refractivity (Wildman–Crippen MR) is 94.4 cm³/mol. The first kappa shape index (κ1) is 14.8. The Kier molecular flexibility index (Phi) is 3.09. The quantitative estimate of drug-likeness (QED) is 0.931. The van der Waals surface area contributed by atoms with Gasteiger partial charge in [0.05, 0.1) is 6.61 Å². The molecule has 3 aliphatic heterocycles. The molecule has 2 aromatic carbocycles. The number of benzene rings is 2. The van der Waals surface area contributed by atoms with Crippen molar-refractivity contribution in [3.8, 4) is 11.5 Å². The van der Waals surface area contributed by atoms with E-state index in [1.54, 1.807) is 0 Å². The summed E-state index contributed by atoms with van der Waals surface area (Å²) in [6, 6.07) is 12.1. The van der Waals surface area contributed by atoms with Gasteiger partial charge in [-0.1, -0.05) is 18.2 Å². The van der Waals surface area contributed by atoms with Gasteiger partial charge in [0.25, 0.3) is 0 Å². The fraction of sp³-hybridized carbons (Fsp3) is 0.350. The maximum atomic E-state index is 13.5. The highest BCUT2D eigenvalue weighted by Gasteiger charge is 2.56. The van der Waals surface area contributed by atoms with Gasteiger partial charge in [-0.2, -0.15) is 0 Å². The van der Waals surface area contributed by atoms with Gasteiger partial charge in [-0.15, -0.1) is 0 Å². The summed E-state index contributed by atoms with van der Waals surface area (Å²) in [5, 5.41) is 0.